The van der Waals surface area contributed by atoms with E-state index in [0.29, 0.717) is 19.1 Å². The van der Waals surface area contributed by atoms with Gasteiger partial charge in [0.2, 0.25) is 0 Å². The lowest BCUT2D eigenvalue weighted by Crippen LogP contribution is -2.24. The average Bonchev–Trinajstić information content (AvgIpc) is 3.11. The summed E-state index contributed by atoms with van der Waals surface area (Å²) in [5.74, 6) is 1.38. The Morgan fingerprint density at radius 2 is 1.93 bits per heavy atom. The summed E-state index contributed by atoms with van der Waals surface area (Å²) >= 11 is 0. The van der Waals surface area contributed by atoms with Crippen molar-refractivity contribution >= 4 is 11.6 Å². The maximum Gasteiger partial charge on any atom is 0.193 e. The zero-order valence-electron chi connectivity index (χ0n) is 15.5. The van der Waals surface area contributed by atoms with E-state index >= 15 is 0 Å². The van der Waals surface area contributed by atoms with Crippen LogP contribution in [0.15, 0.2) is 72.0 Å². The van der Waals surface area contributed by atoms with Gasteiger partial charge in [-0.3, -0.25) is 4.99 Å². The number of rotatable bonds is 8. The number of hydrogen-bond donors (Lipinski definition) is 2. The van der Waals surface area contributed by atoms with Gasteiger partial charge in [0, 0.05) is 50.3 Å². The number of nitrogens with one attached hydrogen (secondary N) is 1. The van der Waals surface area contributed by atoms with Gasteiger partial charge in [-0.1, -0.05) is 48.5 Å². The predicted molar refractivity (Wildman–Crippen MR) is 109 cm³/mol. The molecule has 0 aliphatic heterocycles. The van der Waals surface area contributed by atoms with Gasteiger partial charge in [-0.05, 0) is 11.6 Å². The van der Waals surface area contributed by atoms with Crippen molar-refractivity contribution in [2.45, 2.75) is 19.6 Å². The number of benzene rings is 2. The molecular formula is C21H25N5O. The van der Waals surface area contributed by atoms with E-state index in [9.17, 15) is 0 Å². The molecule has 0 unspecified atom stereocenters. The summed E-state index contributed by atoms with van der Waals surface area (Å²) in [5.41, 5.74) is 9.24. The Hall–Kier alpha value is -3.12. The molecular weight excluding hydrogens is 338 g/mol. The molecule has 0 saturated heterocycles. The highest BCUT2D eigenvalue weighted by Crippen LogP contribution is 2.15. The summed E-state index contributed by atoms with van der Waals surface area (Å²) in [6.07, 6.45) is 4.54. The van der Waals surface area contributed by atoms with Crippen LogP contribution >= 0.6 is 0 Å². The molecule has 2 aromatic carbocycles. The SMILES string of the molecule is COCc1ccccc1NC(N)=NCCc1nccn1Cc1ccccc1. The first-order valence-corrected chi connectivity index (χ1v) is 8.94. The Labute approximate surface area is 159 Å². The van der Waals surface area contributed by atoms with Crippen molar-refractivity contribution in [2.24, 2.45) is 10.7 Å². The van der Waals surface area contributed by atoms with Gasteiger partial charge in [0.05, 0.1) is 6.61 Å². The highest BCUT2D eigenvalue weighted by atomic mass is 16.5. The topological polar surface area (TPSA) is 77.5 Å². The lowest BCUT2D eigenvalue weighted by Gasteiger charge is -2.11. The molecule has 0 aliphatic rings. The highest BCUT2D eigenvalue weighted by Gasteiger charge is 2.05. The summed E-state index contributed by atoms with van der Waals surface area (Å²) in [7, 11) is 1.67. The molecule has 1 aromatic heterocycles. The third-order valence-electron chi connectivity index (χ3n) is 4.19. The van der Waals surface area contributed by atoms with Gasteiger partial charge in [-0.2, -0.15) is 0 Å². The van der Waals surface area contributed by atoms with Crippen LogP contribution in [0.4, 0.5) is 5.69 Å². The van der Waals surface area contributed by atoms with Crippen LogP contribution in [0.5, 0.6) is 0 Å². The number of nitrogens with zero attached hydrogens (tertiary/aromatic N) is 3. The van der Waals surface area contributed by atoms with Crippen molar-refractivity contribution in [3.63, 3.8) is 0 Å². The smallest absolute Gasteiger partial charge is 0.193 e. The molecule has 3 N–H and O–H groups in total. The van der Waals surface area contributed by atoms with Crippen molar-refractivity contribution in [1.82, 2.24) is 9.55 Å². The minimum absolute atomic E-state index is 0.389. The molecule has 0 bridgehead atoms. The average molecular weight is 363 g/mol. The fourth-order valence-corrected chi connectivity index (χ4v) is 2.87. The standard InChI is InChI=1S/C21H25N5O/c1-27-16-18-9-5-6-10-19(18)25-21(22)24-12-11-20-23-13-14-26(20)15-17-7-3-2-4-8-17/h2-10,13-14H,11-12,15-16H2,1H3,(H3,22,24,25). The van der Waals surface area contributed by atoms with Crippen LogP contribution < -0.4 is 11.1 Å². The summed E-state index contributed by atoms with van der Waals surface area (Å²) in [5, 5.41) is 3.15. The Balaban J connectivity index is 1.57. The summed E-state index contributed by atoms with van der Waals surface area (Å²) in [6, 6.07) is 18.2. The number of para-hydroxylation sites is 1. The van der Waals surface area contributed by atoms with E-state index in [2.05, 4.69) is 32.0 Å². The maximum atomic E-state index is 6.04. The maximum absolute atomic E-state index is 6.04. The largest absolute Gasteiger partial charge is 0.380 e. The molecule has 27 heavy (non-hydrogen) atoms. The van der Waals surface area contributed by atoms with Crippen molar-refractivity contribution in [2.75, 3.05) is 19.0 Å². The molecule has 0 radical (unpaired) electrons. The lowest BCUT2D eigenvalue weighted by molar-refractivity contribution is 0.185. The van der Waals surface area contributed by atoms with E-state index < -0.39 is 0 Å². The summed E-state index contributed by atoms with van der Waals surface area (Å²) < 4.78 is 7.35. The molecule has 3 aromatic rings. The number of aliphatic imine (C=N–C) groups is 1. The third kappa shape index (κ3) is 5.43. The van der Waals surface area contributed by atoms with Gasteiger partial charge in [0.1, 0.15) is 5.82 Å². The van der Waals surface area contributed by atoms with Gasteiger partial charge in [-0.25, -0.2) is 4.98 Å². The number of nitrogens with two attached hydrogens (primary N) is 1. The quantitative estimate of drug-likeness (QED) is 0.476. The van der Waals surface area contributed by atoms with Gasteiger partial charge >= 0.3 is 0 Å². The molecule has 0 aliphatic carbocycles. The molecule has 0 fully saturated rings. The van der Waals surface area contributed by atoms with Gasteiger partial charge < -0.3 is 20.4 Å². The zero-order valence-corrected chi connectivity index (χ0v) is 15.5. The fraction of sp³-hybridized carbons (Fsp3) is 0.238. The number of hydrogen-bond acceptors (Lipinski definition) is 3. The first kappa shape index (κ1) is 18.7. The molecule has 6 nitrogen and oxygen atoms in total. The molecule has 0 spiro atoms. The van der Waals surface area contributed by atoms with Gasteiger partial charge in [0.15, 0.2) is 5.96 Å². The molecule has 1 heterocycles. The Morgan fingerprint density at radius 3 is 2.74 bits per heavy atom. The van der Waals surface area contributed by atoms with Crippen LogP contribution in [0, 0.1) is 0 Å². The minimum Gasteiger partial charge on any atom is -0.380 e. The molecule has 0 saturated carbocycles. The Morgan fingerprint density at radius 1 is 1.15 bits per heavy atom. The highest BCUT2D eigenvalue weighted by molar-refractivity contribution is 5.92. The van der Waals surface area contributed by atoms with E-state index in [4.69, 9.17) is 10.5 Å². The number of anilines is 1. The molecule has 140 valence electrons. The second-order valence-corrected chi connectivity index (χ2v) is 6.19. The lowest BCUT2D eigenvalue weighted by atomic mass is 10.2. The summed E-state index contributed by atoms with van der Waals surface area (Å²) in [6.45, 7) is 1.89. The Bertz CT molecular complexity index is 873. The van der Waals surface area contributed by atoms with E-state index in [-0.39, 0.29) is 0 Å². The fourth-order valence-electron chi connectivity index (χ4n) is 2.87. The Kier molecular flexibility index (Phi) is 6.60. The molecule has 3 rings (SSSR count). The van der Waals surface area contributed by atoms with Gasteiger partial charge in [-0.15, -0.1) is 0 Å². The van der Waals surface area contributed by atoms with Crippen molar-refractivity contribution in [3.05, 3.63) is 83.9 Å². The number of methoxy groups -OCH3 is 1. The zero-order chi connectivity index (χ0) is 18.9. The second kappa shape index (κ2) is 9.54. The van der Waals surface area contributed by atoms with Crippen LogP contribution in [0.3, 0.4) is 0 Å². The van der Waals surface area contributed by atoms with Gasteiger partial charge in [0.25, 0.3) is 0 Å². The molecule has 0 amide bonds. The van der Waals surface area contributed by atoms with E-state index in [0.717, 1.165) is 30.0 Å². The van der Waals surface area contributed by atoms with Crippen LogP contribution in [0.25, 0.3) is 0 Å². The first-order chi connectivity index (χ1) is 13.3. The van der Waals surface area contributed by atoms with Crippen LogP contribution in [0.2, 0.25) is 0 Å². The first-order valence-electron chi connectivity index (χ1n) is 8.94. The normalized spacial score (nSPS) is 11.5. The predicted octanol–water partition coefficient (Wildman–Crippen LogP) is 3.05. The van der Waals surface area contributed by atoms with Crippen LogP contribution in [0.1, 0.15) is 17.0 Å². The number of guanidine groups is 1. The molecule has 6 heteroatoms. The second-order valence-electron chi connectivity index (χ2n) is 6.19. The van der Waals surface area contributed by atoms with E-state index in [1.165, 1.54) is 5.56 Å². The minimum atomic E-state index is 0.389. The number of aromatic nitrogens is 2. The van der Waals surface area contributed by atoms with Crippen molar-refractivity contribution in [3.8, 4) is 0 Å². The van der Waals surface area contributed by atoms with Crippen molar-refractivity contribution < 1.29 is 4.74 Å². The van der Waals surface area contributed by atoms with E-state index in [1.54, 1.807) is 7.11 Å². The van der Waals surface area contributed by atoms with E-state index in [1.807, 2.05) is 54.9 Å². The molecule has 0 atom stereocenters. The van der Waals surface area contributed by atoms with Crippen LogP contribution in [-0.2, 0) is 24.3 Å². The number of imidazole rings is 1. The summed E-state index contributed by atoms with van der Waals surface area (Å²) in [4.78, 5) is 8.88. The third-order valence-corrected chi connectivity index (χ3v) is 4.19. The van der Waals surface area contributed by atoms with Crippen LogP contribution in [-0.4, -0.2) is 29.2 Å². The number of ether oxygens (including phenoxy) is 1. The monoisotopic (exact) mass is 363 g/mol. The van der Waals surface area contributed by atoms with Crippen molar-refractivity contribution in [1.29, 1.82) is 0 Å².